The Bertz CT molecular complexity index is 976. The molecule has 1 aliphatic rings. The number of fused-ring (bicyclic) bond motifs is 1. The zero-order valence-corrected chi connectivity index (χ0v) is 17.4. The minimum absolute atomic E-state index is 0.0497. The number of aromatic nitrogens is 2. The predicted octanol–water partition coefficient (Wildman–Crippen LogP) is 3.89. The van der Waals surface area contributed by atoms with E-state index in [1.54, 1.807) is 0 Å². The number of likely N-dealkylation sites (tertiary alicyclic amines) is 1. The zero-order chi connectivity index (χ0) is 20.2. The van der Waals surface area contributed by atoms with E-state index in [1.807, 2.05) is 6.07 Å². The second-order valence-electron chi connectivity index (χ2n) is 8.04. The van der Waals surface area contributed by atoms with Crippen molar-refractivity contribution >= 4 is 16.9 Å². The highest BCUT2D eigenvalue weighted by Gasteiger charge is 2.26. The second-order valence-corrected chi connectivity index (χ2v) is 8.04. The van der Waals surface area contributed by atoms with Gasteiger partial charge in [-0.05, 0) is 50.9 Å². The average Bonchev–Trinajstić information content (AvgIpc) is 3.10. The molecule has 0 aliphatic carbocycles. The Kier molecular flexibility index (Phi) is 5.95. The molecule has 1 aromatic heterocycles. The summed E-state index contributed by atoms with van der Waals surface area (Å²) in [6.45, 7) is 8.36. The van der Waals surface area contributed by atoms with Gasteiger partial charge in [0.25, 0.3) is 0 Å². The minimum atomic E-state index is 0.0497. The molecule has 3 aromatic rings. The lowest BCUT2D eigenvalue weighted by Crippen LogP contribution is -2.42. The van der Waals surface area contributed by atoms with Crippen LogP contribution in [-0.4, -0.2) is 33.4 Å². The van der Waals surface area contributed by atoms with E-state index in [1.165, 1.54) is 11.1 Å². The quantitative estimate of drug-likeness (QED) is 0.695. The summed E-state index contributed by atoms with van der Waals surface area (Å²) in [5.41, 5.74) is 4.62. The molecule has 0 radical (unpaired) electrons. The number of rotatable bonds is 6. The maximum Gasteiger partial charge on any atom is 0.224 e. The van der Waals surface area contributed by atoms with Crippen LogP contribution in [0.15, 0.2) is 48.5 Å². The predicted molar refractivity (Wildman–Crippen MR) is 116 cm³/mol. The molecule has 2 heterocycles. The van der Waals surface area contributed by atoms with Crippen LogP contribution in [0, 0.1) is 12.8 Å². The van der Waals surface area contributed by atoms with E-state index in [-0.39, 0.29) is 11.8 Å². The molecule has 0 spiro atoms. The topological polar surface area (TPSA) is 50.2 Å². The summed E-state index contributed by atoms with van der Waals surface area (Å²) >= 11 is 0. The summed E-state index contributed by atoms with van der Waals surface area (Å²) in [6, 6.07) is 16.6. The summed E-state index contributed by atoms with van der Waals surface area (Å²) in [5, 5.41) is 3.13. The molecule has 1 N–H and O–H groups in total. The van der Waals surface area contributed by atoms with Crippen molar-refractivity contribution in [3.8, 4) is 0 Å². The lowest BCUT2D eigenvalue weighted by atomic mass is 9.97. The monoisotopic (exact) mass is 390 g/mol. The van der Waals surface area contributed by atoms with Gasteiger partial charge in [-0.1, -0.05) is 42.0 Å². The Morgan fingerprint density at radius 1 is 1.17 bits per heavy atom. The Hall–Kier alpha value is -2.66. The Morgan fingerprint density at radius 3 is 2.76 bits per heavy atom. The first-order valence-corrected chi connectivity index (χ1v) is 10.6. The number of imidazole rings is 1. The van der Waals surface area contributed by atoms with Gasteiger partial charge >= 0.3 is 0 Å². The largest absolute Gasteiger partial charge is 0.352 e. The van der Waals surface area contributed by atoms with Crippen LogP contribution in [0.4, 0.5) is 0 Å². The average molecular weight is 391 g/mol. The van der Waals surface area contributed by atoms with E-state index in [9.17, 15) is 4.79 Å². The first kappa shape index (κ1) is 19.6. The van der Waals surface area contributed by atoms with Crippen molar-refractivity contribution in [2.75, 3.05) is 13.1 Å². The van der Waals surface area contributed by atoms with Crippen LogP contribution >= 0.6 is 0 Å². The van der Waals surface area contributed by atoms with Crippen molar-refractivity contribution in [3.05, 3.63) is 65.5 Å². The lowest BCUT2D eigenvalue weighted by molar-refractivity contribution is -0.127. The van der Waals surface area contributed by atoms with Gasteiger partial charge < -0.3 is 9.88 Å². The number of hydrogen-bond donors (Lipinski definition) is 1. The molecule has 29 heavy (non-hydrogen) atoms. The fraction of sp³-hybridized carbons (Fsp3) is 0.417. The number of benzene rings is 2. The molecule has 1 fully saturated rings. The van der Waals surface area contributed by atoms with Crippen molar-refractivity contribution in [1.82, 2.24) is 19.8 Å². The van der Waals surface area contributed by atoms with Gasteiger partial charge in [0.15, 0.2) is 0 Å². The third kappa shape index (κ3) is 4.51. The summed E-state index contributed by atoms with van der Waals surface area (Å²) in [4.78, 5) is 20.0. The van der Waals surface area contributed by atoms with E-state index in [2.05, 4.69) is 71.1 Å². The van der Waals surface area contributed by atoms with Crippen LogP contribution < -0.4 is 5.32 Å². The summed E-state index contributed by atoms with van der Waals surface area (Å²) in [7, 11) is 0. The Labute approximate surface area is 172 Å². The van der Waals surface area contributed by atoms with Gasteiger partial charge in [0.1, 0.15) is 5.82 Å². The molecule has 0 unspecified atom stereocenters. The van der Waals surface area contributed by atoms with Gasteiger partial charge in [-0.3, -0.25) is 9.69 Å². The number of piperidine rings is 1. The maximum atomic E-state index is 12.7. The van der Waals surface area contributed by atoms with Crippen LogP contribution in [0.25, 0.3) is 11.0 Å². The highest BCUT2D eigenvalue weighted by Crippen LogP contribution is 2.21. The number of nitrogens with zero attached hydrogens (tertiary/aromatic N) is 3. The molecule has 0 bridgehead atoms. The van der Waals surface area contributed by atoms with Crippen LogP contribution in [0.3, 0.4) is 0 Å². The Balaban J connectivity index is 1.38. The first-order chi connectivity index (χ1) is 14.1. The number of amides is 1. The van der Waals surface area contributed by atoms with Crippen molar-refractivity contribution in [3.63, 3.8) is 0 Å². The third-order valence-electron chi connectivity index (χ3n) is 5.88. The standard InChI is InChI=1S/C24H30N4O/c1-3-28-22-9-5-4-8-21(22)26-23(28)17-27-14-6-7-20(16-27)24(29)25-15-19-12-10-18(2)11-13-19/h4-5,8-13,20H,3,6-7,14-17H2,1-2H3,(H,25,29)/t20-/m1/s1. The molecule has 1 saturated heterocycles. The number of hydrogen-bond acceptors (Lipinski definition) is 3. The molecule has 1 aliphatic heterocycles. The molecule has 5 nitrogen and oxygen atoms in total. The minimum Gasteiger partial charge on any atom is -0.352 e. The molecule has 152 valence electrons. The van der Waals surface area contributed by atoms with Gasteiger partial charge in [0.05, 0.1) is 23.5 Å². The zero-order valence-electron chi connectivity index (χ0n) is 17.4. The van der Waals surface area contributed by atoms with E-state index in [4.69, 9.17) is 4.98 Å². The highest BCUT2D eigenvalue weighted by atomic mass is 16.1. The molecule has 4 rings (SSSR count). The molecular formula is C24H30N4O. The van der Waals surface area contributed by atoms with Gasteiger partial charge in [0.2, 0.25) is 5.91 Å². The number of aryl methyl sites for hydroxylation is 2. The van der Waals surface area contributed by atoms with Crippen molar-refractivity contribution in [2.24, 2.45) is 5.92 Å². The molecule has 2 aromatic carbocycles. The number of carbonyl (C=O) groups is 1. The molecule has 0 saturated carbocycles. The smallest absolute Gasteiger partial charge is 0.224 e. The maximum absolute atomic E-state index is 12.7. The molecular weight excluding hydrogens is 360 g/mol. The summed E-state index contributed by atoms with van der Waals surface area (Å²) in [5.74, 6) is 1.31. The highest BCUT2D eigenvalue weighted by molar-refractivity contribution is 5.79. The molecule has 1 atom stereocenters. The number of nitrogens with one attached hydrogen (secondary N) is 1. The van der Waals surface area contributed by atoms with Crippen LogP contribution in [0.2, 0.25) is 0 Å². The first-order valence-electron chi connectivity index (χ1n) is 10.6. The molecule has 1 amide bonds. The number of para-hydroxylation sites is 2. The van der Waals surface area contributed by atoms with Crippen molar-refractivity contribution in [1.29, 1.82) is 0 Å². The van der Waals surface area contributed by atoms with E-state index < -0.39 is 0 Å². The SMILES string of the molecule is CCn1c(CN2CCC[C@@H](C(=O)NCc3ccc(C)cc3)C2)nc2ccccc21. The van der Waals surface area contributed by atoms with E-state index in [0.29, 0.717) is 6.54 Å². The number of carbonyl (C=O) groups excluding carboxylic acids is 1. The fourth-order valence-electron chi connectivity index (χ4n) is 4.25. The van der Waals surface area contributed by atoms with Crippen LogP contribution in [0.1, 0.15) is 36.7 Å². The molecule has 5 heteroatoms. The Morgan fingerprint density at radius 2 is 1.97 bits per heavy atom. The lowest BCUT2D eigenvalue weighted by Gasteiger charge is -2.31. The van der Waals surface area contributed by atoms with Crippen LogP contribution in [-0.2, 0) is 24.4 Å². The normalized spacial score (nSPS) is 17.5. The van der Waals surface area contributed by atoms with Gasteiger partial charge in [-0.25, -0.2) is 4.98 Å². The van der Waals surface area contributed by atoms with E-state index >= 15 is 0 Å². The fourth-order valence-corrected chi connectivity index (χ4v) is 4.25. The van der Waals surface area contributed by atoms with Gasteiger partial charge in [-0.2, -0.15) is 0 Å². The van der Waals surface area contributed by atoms with Gasteiger partial charge in [0, 0.05) is 19.6 Å². The van der Waals surface area contributed by atoms with Gasteiger partial charge in [-0.15, -0.1) is 0 Å². The van der Waals surface area contributed by atoms with Crippen molar-refractivity contribution < 1.29 is 4.79 Å². The van der Waals surface area contributed by atoms with Crippen molar-refractivity contribution in [2.45, 2.75) is 46.3 Å². The third-order valence-corrected chi connectivity index (χ3v) is 5.88. The summed E-state index contributed by atoms with van der Waals surface area (Å²) < 4.78 is 2.29. The van der Waals surface area contributed by atoms with E-state index in [0.717, 1.165) is 55.9 Å². The van der Waals surface area contributed by atoms with Crippen LogP contribution in [0.5, 0.6) is 0 Å². The summed E-state index contributed by atoms with van der Waals surface area (Å²) in [6.07, 6.45) is 2.01. The second kappa shape index (κ2) is 8.78.